The molecule has 1 amide bonds. The van der Waals surface area contributed by atoms with Crippen molar-refractivity contribution in [2.24, 2.45) is 0 Å². The minimum absolute atomic E-state index is 0.233. The van der Waals surface area contributed by atoms with E-state index in [1.54, 1.807) is 11.3 Å². The Morgan fingerprint density at radius 1 is 0.926 bits per heavy atom. The molecular weight excluding hydrogens is 378 g/mol. The Morgan fingerprint density at radius 3 is 2.37 bits per heavy atom. The SMILES string of the molecule is O=C(COC(=O)CSCc1cccs1)Nc1ccc(-c2ccccc2)cc1. The molecule has 0 aliphatic carbocycles. The minimum Gasteiger partial charge on any atom is -0.455 e. The van der Waals surface area contributed by atoms with Crippen LogP contribution in [0.2, 0.25) is 0 Å². The van der Waals surface area contributed by atoms with E-state index in [1.165, 1.54) is 16.6 Å². The van der Waals surface area contributed by atoms with Gasteiger partial charge in [0.2, 0.25) is 0 Å². The van der Waals surface area contributed by atoms with E-state index in [-0.39, 0.29) is 24.2 Å². The topological polar surface area (TPSA) is 55.4 Å². The number of rotatable bonds is 8. The summed E-state index contributed by atoms with van der Waals surface area (Å²) in [6.07, 6.45) is 0. The van der Waals surface area contributed by atoms with Crippen molar-refractivity contribution in [3.8, 4) is 11.1 Å². The summed E-state index contributed by atoms with van der Waals surface area (Å²) >= 11 is 3.13. The van der Waals surface area contributed by atoms with Crippen LogP contribution in [0.5, 0.6) is 0 Å². The molecule has 0 unspecified atom stereocenters. The van der Waals surface area contributed by atoms with E-state index in [0.717, 1.165) is 16.9 Å². The Bertz CT molecular complexity index is 862. The van der Waals surface area contributed by atoms with Crippen LogP contribution in [0.1, 0.15) is 4.88 Å². The zero-order valence-corrected chi connectivity index (χ0v) is 16.2. The van der Waals surface area contributed by atoms with Gasteiger partial charge in [-0.15, -0.1) is 23.1 Å². The molecule has 0 saturated heterocycles. The Morgan fingerprint density at radius 2 is 1.67 bits per heavy atom. The fourth-order valence-electron chi connectivity index (χ4n) is 2.39. The number of nitrogens with one attached hydrogen (secondary N) is 1. The maximum Gasteiger partial charge on any atom is 0.316 e. The number of hydrogen-bond donors (Lipinski definition) is 1. The second-order valence-electron chi connectivity index (χ2n) is 5.72. The number of carbonyl (C=O) groups is 2. The summed E-state index contributed by atoms with van der Waals surface area (Å²) in [7, 11) is 0. The lowest BCUT2D eigenvalue weighted by Crippen LogP contribution is -2.21. The zero-order valence-electron chi connectivity index (χ0n) is 14.6. The first-order chi connectivity index (χ1) is 13.2. The third kappa shape index (κ3) is 6.27. The number of thioether (sulfide) groups is 1. The monoisotopic (exact) mass is 397 g/mol. The third-order valence-corrected chi connectivity index (χ3v) is 5.70. The van der Waals surface area contributed by atoms with E-state index in [9.17, 15) is 9.59 Å². The van der Waals surface area contributed by atoms with Crippen LogP contribution in [0, 0.1) is 0 Å². The van der Waals surface area contributed by atoms with Gasteiger partial charge in [0.15, 0.2) is 6.61 Å². The number of carbonyl (C=O) groups excluding carboxylic acids is 2. The van der Waals surface area contributed by atoms with Gasteiger partial charge < -0.3 is 10.1 Å². The molecule has 0 fully saturated rings. The second kappa shape index (κ2) is 9.94. The molecule has 1 N–H and O–H groups in total. The molecule has 27 heavy (non-hydrogen) atoms. The van der Waals surface area contributed by atoms with E-state index in [4.69, 9.17) is 4.74 Å². The summed E-state index contributed by atoms with van der Waals surface area (Å²) in [5.74, 6) is 0.272. The number of ether oxygens (including phenoxy) is 1. The van der Waals surface area contributed by atoms with Crippen LogP contribution < -0.4 is 5.32 Å². The fraction of sp³-hybridized carbons (Fsp3) is 0.143. The molecule has 3 rings (SSSR count). The van der Waals surface area contributed by atoms with Crippen LogP contribution in [0.4, 0.5) is 5.69 Å². The lowest BCUT2D eigenvalue weighted by Gasteiger charge is -2.08. The number of amides is 1. The Balaban J connectivity index is 1.39. The van der Waals surface area contributed by atoms with Gasteiger partial charge in [0.25, 0.3) is 5.91 Å². The summed E-state index contributed by atoms with van der Waals surface area (Å²) < 4.78 is 5.02. The molecule has 0 bridgehead atoms. The molecule has 1 heterocycles. The molecular formula is C21H19NO3S2. The highest BCUT2D eigenvalue weighted by atomic mass is 32.2. The minimum atomic E-state index is -0.383. The summed E-state index contributed by atoms with van der Waals surface area (Å²) in [4.78, 5) is 24.9. The second-order valence-corrected chi connectivity index (χ2v) is 7.74. The van der Waals surface area contributed by atoms with E-state index < -0.39 is 0 Å². The van der Waals surface area contributed by atoms with Gasteiger partial charge in [0.1, 0.15) is 0 Å². The van der Waals surface area contributed by atoms with Crippen LogP contribution in [-0.2, 0) is 20.1 Å². The maximum absolute atomic E-state index is 11.9. The highest BCUT2D eigenvalue weighted by Gasteiger charge is 2.09. The lowest BCUT2D eigenvalue weighted by atomic mass is 10.1. The number of hydrogen-bond acceptors (Lipinski definition) is 5. The number of esters is 1. The van der Waals surface area contributed by atoms with Gasteiger partial charge in [0, 0.05) is 16.3 Å². The molecule has 138 valence electrons. The van der Waals surface area contributed by atoms with Crippen LogP contribution in [-0.4, -0.2) is 24.2 Å². The molecule has 3 aromatic rings. The smallest absolute Gasteiger partial charge is 0.316 e. The highest BCUT2D eigenvalue weighted by molar-refractivity contribution is 7.99. The Labute approximate surface area is 166 Å². The normalized spacial score (nSPS) is 10.4. The van der Waals surface area contributed by atoms with Gasteiger partial charge >= 0.3 is 5.97 Å². The van der Waals surface area contributed by atoms with Crippen molar-refractivity contribution in [3.63, 3.8) is 0 Å². The van der Waals surface area contributed by atoms with Crippen LogP contribution in [0.15, 0.2) is 72.1 Å². The van der Waals surface area contributed by atoms with Gasteiger partial charge in [-0.1, -0.05) is 48.5 Å². The molecule has 6 heteroatoms. The van der Waals surface area contributed by atoms with E-state index in [1.807, 2.05) is 72.1 Å². The van der Waals surface area contributed by atoms with Crippen molar-refractivity contribution in [2.75, 3.05) is 17.7 Å². The number of thiophene rings is 1. The Hall–Kier alpha value is -2.57. The Kier molecular flexibility index (Phi) is 7.07. The number of anilines is 1. The van der Waals surface area contributed by atoms with Gasteiger partial charge in [-0.05, 0) is 34.7 Å². The first kappa shape index (κ1) is 19.2. The van der Waals surface area contributed by atoms with E-state index in [2.05, 4.69) is 5.32 Å². The molecule has 1 aromatic heterocycles. The largest absolute Gasteiger partial charge is 0.455 e. The fourth-order valence-corrected chi connectivity index (χ4v) is 4.05. The van der Waals surface area contributed by atoms with Crippen LogP contribution >= 0.6 is 23.1 Å². The molecule has 0 saturated carbocycles. The summed E-state index contributed by atoms with van der Waals surface area (Å²) in [5, 5.41) is 4.74. The van der Waals surface area contributed by atoms with Crippen molar-refractivity contribution in [2.45, 2.75) is 5.75 Å². The predicted molar refractivity (Wildman–Crippen MR) is 112 cm³/mol. The van der Waals surface area contributed by atoms with Crippen molar-refractivity contribution < 1.29 is 14.3 Å². The van der Waals surface area contributed by atoms with Gasteiger partial charge in [-0.3, -0.25) is 9.59 Å². The zero-order chi connectivity index (χ0) is 18.9. The average Bonchev–Trinajstić information content (AvgIpc) is 3.21. The molecule has 2 aromatic carbocycles. The molecule has 4 nitrogen and oxygen atoms in total. The molecule has 0 radical (unpaired) electrons. The molecule has 0 atom stereocenters. The molecule has 0 aliphatic rings. The van der Waals surface area contributed by atoms with Gasteiger partial charge in [0.05, 0.1) is 5.75 Å². The lowest BCUT2D eigenvalue weighted by molar-refractivity contribution is -0.144. The van der Waals surface area contributed by atoms with Crippen molar-refractivity contribution in [1.29, 1.82) is 0 Å². The highest BCUT2D eigenvalue weighted by Crippen LogP contribution is 2.21. The predicted octanol–water partition coefficient (Wildman–Crippen LogP) is 4.83. The summed E-state index contributed by atoms with van der Waals surface area (Å²) in [6.45, 7) is -0.279. The van der Waals surface area contributed by atoms with Crippen LogP contribution in [0.25, 0.3) is 11.1 Å². The summed E-state index contributed by atoms with van der Waals surface area (Å²) in [5.41, 5.74) is 2.86. The number of benzene rings is 2. The van der Waals surface area contributed by atoms with Crippen LogP contribution in [0.3, 0.4) is 0 Å². The first-order valence-corrected chi connectivity index (χ1v) is 10.5. The first-order valence-electron chi connectivity index (χ1n) is 8.42. The average molecular weight is 398 g/mol. The maximum atomic E-state index is 11.9. The van der Waals surface area contributed by atoms with Gasteiger partial charge in [-0.25, -0.2) is 0 Å². The molecule has 0 aliphatic heterocycles. The summed E-state index contributed by atoms with van der Waals surface area (Å²) in [6, 6.07) is 21.6. The van der Waals surface area contributed by atoms with E-state index >= 15 is 0 Å². The standard InChI is InChI=1S/C21H19NO3S2/c23-20(13-25-21(24)15-26-14-19-7-4-12-27-19)22-18-10-8-17(9-11-18)16-5-2-1-3-6-16/h1-12H,13-15H2,(H,22,23). The van der Waals surface area contributed by atoms with E-state index in [0.29, 0.717) is 5.69 Å². The quantitative estimate of drug-likeness (QED) is 0.553. The van der Waals surface area contributed by atoms with Crippen molar-refractivity contribution in [1.82, 2.24) is 0 Å². The van der Waals surface area contributed by atoms with Crippen molar-refractivity contribution in [3.05, 3.63) is 77.0 Å². The van der Waals surface area contributed by atoms with Gasteiger partial charge in [-0.2, -0.15) is 0 Å². The van der Waals surface area contributed by atoms with Crippen molar-refractivity contribution >= 4 is 40.7 Å². The molecule has 0 spiro atoms. The third-order valence-electron chi connectivity index (χ3n) is 3.68.